The molecule has 1 aliphatic rings. The lowest BCUT2D eigenvalue weighted by Gasteiger charge is -2.35. The summed E-state index contributed by atoms with van der Waals surface area (Å²) in [6.07, 6.45) is 3.01. The molecule has 1 fully saturated rings. The second kappa shape index (κ2) is 7.73. The second-order valence-corrected chi connectivity index (χ2v) is 9.18. The van der Waals surface area contributed by atoms with Gasteiger partial charge in [-0.15, -0.1) is 0 Å². The molecule has 0 bridgehead atoms. The summed E-state index contributed by atoms with van der Waals surface area (Å²) in [4.78, 5) is 25.9. The van der Waals surface area contributed by atoms with Gasteiger partial charge in [-0.2, -0.15) is 5.10 Å². The van der Waals surface area contributed by atoms with Gasteiger partial charge in [-0.1, -0.05) is 26.0 Å². The Morgan fingerprint density at radius 1 is 1.12 bits per heavy atom. The molecule has 3 aromatic heterocycles. The Hall–Kier alpha value is -3.22. The van der Waals surface area contributed by atoms with E-state index in [2.05, 4.69) is 36.6 Å². The van der Waals surface area contributed by atoms with Crippen LogP contribution in [0.2, 0.25) is 0 Å². The molecule has 1 aliphatic heterocycles. The summed E-state index contributed by atoms with van der Waals surface area (Å²) in [5, 5.41) is 5.42. The van der Waals surface area contributed by atoms with Crippen molar-refractivity contribution in [2.75, 3.05) is 6.54 Å². The first kappa shape index (κ1) is 20.7. The Bertz CT molecular complexity index is 1330. The highest BCUT2D eigenvalue weighted by Gasteiger charge is 2.33. The van der Waals surface area contributed by atoms with Crippen LogP contribution in [0.15, 0.2) is 30.3 Å². The van der Waals surface area contributed by atoms with Crippen molar-refractivity contribution in [3.8, 4) is 0 Å². The summed E-state index contributed by atoms with van der Waals surface area (Å²) in [7, 11) is 3.94. The Morgan fingerprint density at radius 3 is 2.66 bits per heavy atom. The molecule has 0 aliphatic carbocycles. The zero-order valence-electron chi connectivity index (χ0n) is 19.5. The van der Waals surface area contributed by atoms with Gasteiger partial charge in [0.2, 0.25) is 0 Å². The summed E-state index contributed by atoms with van der Waals surface area (Å²) >= 11 is 0. The first-order chi connectivity index (χ1) is 15.4. The van der Waals surface area contributed by atoms with Crippen LogP contribution in [0, 0.1) is 6.92 Å². The highest BCUT2D eigenvalue weighted by Crippen LogP contribution is 2.35. The lowest BCUT2D eigenvalue weighted by Crippen LogP contribution is -2.39. The average Bonchev–Trinajstić information content (AvgIpc) is 3.28. The standard InChI is InChI=1S/C25H30N6O/c1-15(2)19-14-17(22-16(3)28-30(5)24(22)27-19)25(32)31-13-9-8-12-21(31)23-26-18-10-6-7-11-20(18)29(23)4/h6-7,10-11,14-15,21H,8-9,12-13H2,1-5H3/t21-/m0/s1. The van der Waals surface area contributed by atoms with E-state index in [4.69, 9.17) is 9.97 Å². The fourth-order valence-electron chi connectivity index (χ4n) is 4.99. The van der Waals surface area contributed by atoms with Crippen molar-refractivity contribution < 1.29 is 4.79 Å². The van der Waals surface area contributed by atoms with Crippen LogP contribution in [-0.2, 0) is 14.1 Å². The lowest BCUT2D eigenvalue weighted by molar-refractivity contribution is 0.0599. The number of piperidine rings is 1. The maximum Gasteiger partial charge on any atom is 0.255 e. The van der Waals surface area contributed by atoms with Crippen LogP contribution >= 0.6 is 0 Å². The minimum absolute atomic E-state index is 0.0451. The normalized spacial score (nSPS) is 17.1. The number of pyridine rings is 1. The Labute approximate surface area is 188 Å². The third-order valence-corrected chi connectivity index (χ3v) is 6.69. The molecule has 0 saturated carbocycles. The van der Waals surface area contributed by atoms with Crippen molar-refractivity contribution in [3.05, 3.63) is 53.1 Å². The van der Waals surface area contributed by atoms with Gasteiger partial charge in [0, 0.05) is 26.3 Å². The van der Waals surface area contributed by atoms with Crippen molar-refractivity contribution in [2.24, 2.45) is 14.1 Å². The van der Waals surface area contributed by atoms with Crippen molar-refractivity contribution in [1.82, 2.24) is 29.2 Å². The monoisotopic (exact) mass is 430 g/mol. The van der Waals surface area contributed by atoms with Gasteiger partial charge in [0.25, 0.3) is 5.91 Å². The first-order valence-corrected chi connectivity index (χ1v) is 11.4. The van der Waals surface area contributed by atoms with E-state index in [1.165, 1.54) is 0 Å². The zero-order chi connectivity index (χ0) is 22.6. The molecular weight excluding hydrogens is 400 g/mol. The van der Waals surface area contributed by atoms with Gasteiger partial charge in [0.05, 0.1) is 33.7 Å². The van der Waals surface area contributed by atoms with E-state index < -0.39 is 0 Å². The number of fused-ring (bicyclic) bond motifs is 2. The molecule has 7 nitrogen and oxygen atoms in total. The molecular formula is C25H30N6O. The van der Waals surface area contributed by atoms with Crippen molar-refractivity contribution in [2.45, 2.75) is 52.0 Å². The molecule has 4 heterocycles. The average molecular weight is 431 g/mol. The predicted molar refractivity (Wildman–Crippen MR) is 126 cm³/mol. The van der Waals surface area contributed by atoms with Gasteiger partial charge in [-0.3, -0.25) is 9.48 Å². The number of hydrogen-bond acceptors (Lipinski definition) is 4. The molecule has 0 spiro atoms. The summed E-state index contributed by atoms with van der Waals surface area (Å²) < 4.78 is 3.93. The fraction of sp³-hybridized carbons (Fsp3) is 0.440. The number of benzene rings is 1. The number of imidazole rings is 1. The van der Waals surface area contributed by atoms with Gasteiger partial charge in [0.15, 0.2) is 5.65 Å². The van der Waals surface area contributed by atoms with Crippen LogP contribution in [0.1, 0.15) is 72.6 Å². The summed E-state index contributed by atoms with van der Waals surface area (Å²) in [5.41, 5.74) is 5.30. The highest BCUT2D eigenvalue weighted by atomic mass is 16.2. The van der Waals surface area contributed by atoms with Gasteiger partial charge in [-0.25, -0.2) is 9.97 Å². The van der Waals surface area contributed by atoms with E-state index in [9.17, 15) is 4.79 Å². The number of amides is 1. The number of para-hydroxylation sites is 2. The third-order valence-electron chi connectivity index (χ3n) is 6.69. The summed E-state index contributed by atoms with van der Waals surface area (Å²) in [6.45, 7) is 6.89. The molecule has 166 valence electrons. The maximum atomic E-state index is 14.1. The van der Waals surface area contributed by atoms with Crippen LogP contribution in [0.5, 0.6) is 0 Å². The molecule has 0 unspecified atom stereocenters. The third kappa shape index (κ3) is 3.18. The van der Waals surface area contributed by atoms with Crippen LogP contribution in [-0.4, -0.2) is 41.7 Å². The predicted octanol–water partition coefficient (Wildman–Crippen LogP) is 4.65. The zero-order valence-corrected chi connectivity index (χ0v) is 19.5. The van der Waals surface area contributed by atoms with Gasteiger partial charge < -0.3 is 9.47 Å². The molecule has 4 aromatic rings. The van der Waals surface area contributed by atoms with E-state index in [-0.39, 0.29) is 17.9 Å². The fourth-order valence-corrected chi connectivity index (χ4v) is 4.99. The highest BCUT2D eigenvalue weighted by molar-refractivity contribution is 6.06. The molecule has 1 aromatic carbocycles. The second-order valence-electron chi connectivity index (χ2n) is 9.18. The smallest absolute Gasteiger partial charge is 0.255 e. The topological polar surface area (TPSA) is 68.8 Å². The molecule has 1 saturated heterocycles. The number of carbonyl (C=O) groups is 1. The van der Waals surface area contributed by atoms with Crippen molar-refractivity contribution in [3.63, 3.8) is 0 Å². The van der Waals surface area contributed by atoms with Gasteiger partial charge in [0.1, 0.15) is 5.82 Å². The van der Waals surface area contributed by atoms with Gasteiger partial charge >= 0.3 is 0 Å². The molecule has 32 heavy (non-hydrogen) atoms. The summed E-state index contributed by atoms with van der Waals surface area (Å²) in [6, 6.07) is 10.1. The quantitative estimate of drug-likeness (QED) is 0.474. The minimum atomic E-state index is -0.0451. The van der Waals surface area contributed by atoms with Crippen molar-refractivity contribution >= 4 is 28.0 Å². The van der Waals surface area contributed by atoms with Crippen LogP contribution in [0.25, 0.3) is 22.1 Å². The molecule has 5 rings (SSSR count). The van der Waals surface area contributed by atoms with Crippen LogP contribution in [0.3, 0.4) is 0 Å². The van der Waals surface area contributed by atoms with Crippen LogP contribution < -0.4 is 0 Å². The summed E-state index contributed by atoms with van der Waals surface area (Å²) in [5.74, 6) is 1.22. The number of nitrogens with zero attached hydrogens (tertiary/aromatic N) is 6. The minimum Gasteiger partial charge on any atom is -0.329 e. The van der Waals surface area contributed by atoms with E-state index in [0.717, 1.165) is 65.1 Å². The molecule has 1 atom stereocenters. The number of rotatable bonds is 3. The molecule has 1 amide bonds. The van der Waals surface area contributed by atoms with Crippen molar-refractivity contribution in [1.29, 1.82) is 0 Å². The molecule has 0 radical (unpaired) electrons. The molecule has 7 heteroatoms. The van der Waals surface area contributed by atoms with Gasteiger partial charge in [-0.05, 0) is 50.3 Å². The van der Waals surface area contributed by atoms with E-state index in [1.54, 1.807) is 4.68 Å². The number of aryl methyl sites for hydroxylation is 3. The van der Waals surface area contributed by atoms with E-state index in [1.807, 2.05) is 43.1 Å². The number of hydrogen-bond donors (Lipinski definition) is 0. The Balaban J connectivity index is 1.64. The maximum absolute atomic E-state index is 14.1. The molecule has 0 N–H and O–H groups in total. The Morgan fingerprint density at radius 2 is 1.91 bits per heavy atom. The Kier molecular flexibility index (Phi) is 4.99. The van der Waals surface area contributed by atoms with E-state index >= 15 is 0 Å². The number of likely N-dealkylation sites (tertiary alicyclic amines) is 1. The van der Waals surface area contributed by atoms with Crippen LogP contribution in [0.4, 0.5) is 0 Å². The first-order valence-electron chi connectivity index (χ1n) is 11.4. The lowest BCUT2D eigenvalue weighted by atomic mass is 9.98. The number of aromatic nitrogens is 5. The largest absolute Gasteiger partial charge is 0.329 e. The SMILES string of the molecule is Cc1nn(C)c2nc(C(C)C)cc(C(=O)N3CCCC[C@H]3c3nc4ccccc4n3C)c12. The van der Waals surface area contributed by atoms with E-state index in [0.29, 0.717) is 5.56 Å². The number of carbonyl (C=O) groups excluding carboxylic acids is 1.